The number of benzene rings is 1. The highest BCUT2D eigenvalue weighted by Crippen LogP contribution is 2.34. The van der Waals surface area contributed by atoms with Crippen molar-refractivity contribution in [2.75, 3.05) is 18.8 Å². The van der Waals surface area contributed by atoms with E-state index in [0.717, 1.165) is 77.8 Å². The molecular formula is C23H25N7O. The molecule has 1 aromatic carbocycles. The minimum atomic E-state index is 0.198. The van der Waals surface area contributed by atoms with Gasteiger partial charge in [0.15, 0.2) is 0 Å². The van der Waals surface area contributed by atoms with E-state index in [2.05, 4.69) is 20.2 Å². The monoisotopic (exact) mass is 415 g/mol. The predicted octanol–water partition coefficient (Wildman–Crippen LogP) is 3.59. The van der Waals surface area contributed by atoms with Crippen LogP contribution >= 0.6 is 0 Å². The molecule has 1 atom stereocenters. The fraction of sp³-hybridized carbons (Fsp3) is 0.391. The molecule has 4 heterocycles. The largest absolute Gasteiger partial charge is 0.382 e. The van der Waals surface area contributed by atoms with Crippen molar-refractivity contribution in [3.05, 3.63) is 36.3 Å². The van der Waals surface area contributed by atoms with Crippen molar-refractivity contribution < 1.29 is 4.79 Å². The number of likely N-dealkylation sites (tertiary alicyclic amines) is 1. The maximum absolute atomic E-state index is 12.7. The number of pyridine rings is 1. The van der Waals surface area contributed by atoms with Gasteiger partial charge in [-0.3, -0.25) is 9.89 Å². The normalized spacial score (nSPS) is 19.7. The van der Waals surface area contributed by atoms with Gasteiger partial charge >= 0.3 is 0 Å². The average molecular weight is 416 g/mol. The summed E-state index contributed by atoms with van der Waals surface area (Å²) in [7, 11) is 0. The molecule has 1 aliphatic heterocycles. The van der Waals surface area contributed by atoms with Gasteiger partial charge in [0.1, 0.15) is 22.7 Å². The van der Waals surface area contributed by atoms with Crippen LogP contribution in [0.2, 0.25) is 0 Å². The van der Waals surface area contributed by atoms with Crippen molar-refractivity contribution in [1.29, 1.82) is 0 Å². The van der Waals surface area contributed by atoms with Gasteiger partial charge in [-0.15, -0.1) is 0 Å². The molecule has 1 saturated carbocycles. The summed E-state index contributed by atoms with van der Waals surface area (Å²) in [6.07, 6.45) is 7.01. The summed E-state index contributed by atoms with van der Waals surface area (Å²) in [6, 6.07) is 8.02. The summed E-state index contributed by atoms with van der Waals surface area (Å²) >= 11 is 0. The number of rotatable bonds is 3. The average Bonchev–Trinajstić information content (AvgIpc) is 3.43. The number of anilines is 1. The topological polar surface area (TPSA) is 117 Å². The molecule has 158 valence electrons. The van der Waals surface area contributed by atoms with Gasteiger partial charge in [0.05, 0.1) is 11.2 Å². The lowest BCUT2D eigenvalue weighted by molar-refractivity contribution is -0.139. The number of amides is 1. The number of piperidine rings is 1. The van der Waals surface area contributed by atoms with E-state index in [1.54, 1.807) is 6.20 Å². The number of hydrogen-bond donors (Lipinski definition) is 3. The van der Waals surface area contributed by atoms with Gasteiger partial charge in [0.2, 0.25) is 5.91 Å². The van der Waals surface area contributed by atoms with Crippen LogP contribution in [0, 0.1) is 5.92 Å². The molecule has 8 nitrogen and oxygen atoms in total. The Morgan fingerprint density at radius 1 is 1.13 bits per heavy atom. The molecule has 0 radical (unpaired) electrons. The number of aromatic nitrogens is 5. The van der Waals surface area contributed by atoms with Crippen molar-refractivity contribution in [1.82, 2.24) is 30.0 Å². The third-order valence-corrected chi connectivity index (χ3v) is 6.86. The van der Waals surface area contributed by atoms with Crippen LogP contribution in [0.1, 0.15) is 43.8 Å². The van der Waals surface area contributed by atoms with Gasteiger partial charge in [0.25, 0.3) is 0 Å². The molecule has 4 N–H and O–H groups in total. The number of carbonyl (C=O) groups excluding carboxylic acids is 1. The Morgan fingerprint density at radius 2 is 2.03 bits per heavy atom. The fourth-order valence-electron chi connectivity index (χ4n) is 4.87. The molecule has 1 amide bonds. The summed E-state index contributed by atoms with van der Waals surface area (Å²) in [5.74, 6) is 2.11. The zero-order valence-corrected chi connectivity index (χ0v) is 17.3. The minimum absolute atomic E-state index is 0.198. The first-order valence-electron chi connectivity index (χ1n) is 11.0. The number of nitrogens with one attached hydrogen (secondary N) is 2. The lowest BCUT2D eigenvalue weighted by atomic mass is 9.83. The van der Waals surface area contributed by atoms with Crippen molar-refractivity contribution in [2.24, 2.45) is 5.92 Å². The number of fused-ring (bicyclic) bond motifs is 3. The van der Waals surface area contributed by atoms with E-state index >= 15 is 0 Å². The standard InChI is InChI=1S/C23H25N7O/c24-21-20-19(16-7-6-14(11-18(16)26-21)17-8-9-25-29-17)27-22(28-20)15-5-2-10-30(12-15)23(31)13-3-1-4-13/h6-9,11,13,15H,1-5,10,12H2,(H2,24,26)(H,25,29)(H,27,28)/t15-/m1/s1. The van der Waals surface area contributed by atoms with Crippen LogP contribution in [0.5, 0.6) is 0 Å². The summed E-state index contributed by atoms with van der Waals surface area (Å²) in [6.45, 7) is 1.58. The second-order valence-electron chi connectivity index (χ2n) is 8.80. The highest BCUT2D eigenvalue weighted by Gasteiger charge is 2.33. The van der Waals surface area contributed by atoms with E-state index in [4.69, 9.17) is 10.7 Å². The summed E-state index contributed by atoms with van der Waals surface area (Å²) < 4.78 is 0. The molecule has 1 saturated heterocycles. The number of hydrogen-bond acceptors (Lipinski definition) is 5. The van der Waals surface area contributed by atoms with Crippen LogP contribution in [0.3, 0.4) is 0 Å². The fourth-order valence-corrected chi connectivity index (χ4v) is 4.87. The number of aromatic amines is 2. The van der Waals surface area contributed by atoms with Crippen molar-refractivity contribution >= 4 is 33.7 Å². The van der Waals surface area contributed by atoms with E-state index in [1.807, 2.05) is 29.2 Å². The van der Waals surface area contributed by atoms with Gasteiger partial charge in [-0.2, -0.15) is 5.10 Å². The van der Waals surface area contributed by atoms with Gasteiger partial charge in [0, 0.05) is 42.1 Å². The molecule has 6 rings (SSSR count). The molecule has 8 heteroatoms. The molecule has 2 aliphatic rings. The molecule has 31 heavy (non-hydrogen) atoms. The first-order chi connectivity index (χ1) is 15.2. The Labute approximate surface area is 179 Å². The summed E-state index contributed by atoms with van der Waals surface area (Å²) in [5, 5.41) is 7.97. The number of carbonyl (C=O) groups is 1. The van der Waals surface area contributed by atoms with Gasteiger partial charge < -0.3 is 15.6 Å². The smallest absolute Gasteiger partial charge is 0.225 e. The Kier molecular flexibility index (Phi) is 4.19. The van der Waals surface area contributed by atoms with Crippen molar-refractivity contribution in [2.45, 2.75) is 38.0 Å². The van der Waals surface area contributed by atoms with E-state index in [1.165, 1.54) is 6.42 Å². The Morgan fingerprint density at radius 3 is 2.81 bits per heavy atom. The van der Waals surface area contributed by atoms with Crippen LogP contribution in [-0.4, -0.2) is 49.0 Å². The van der Waals surface area contributed by atoms with Crippen LogP contribution in [0.15, 0.2) is 30.5 Å². The maximum Gasteiger partial charge on any atom is 0.225 e. The summed E-state index contributed by atoms with van der Waals surface area (Å²) in [4.78, 5) is 27.8. The number of imidazole rings is 1. The molecule has 0 unspecified atom stereocenters. The first-order valence-corrected chi connectivity index (χ1v) is 11.0. The molecule has 0 spiro atoms. The zero-order valence-electron chi connectivity index (χ0n) is 17.3. The molecule has 0 bridgehead atoms. The Bertz CT molecular complexity index is 1270. The molecule has 1 aliphatic carbocycles. The lowest BCUT2D eigenvalue weighted by Gasteiger charge is -2.36. The minimum Gasteiger partial charge on any atom is -0.382 e. The highest BCUT2D eigenvalue weighted by molar-refractivity contribution is 6.07. The molecular weight excluding hydrogens is 390 g/mol. The van der Waals surface area contributed by atoms with Crippen LogP contribution in [0.4, 0.5) is 5.82 Å². The molecule has 2 fully saturated rings. The van der Waals surface area contributed by atoms with Gasteiger partial charge in [-0.25, -0.2) is 9.97 Å². The Hall–Kier alpha value is -3.42. The zero-order chi connectivity index (χ0) is 20.9. The maximum atomic E-state index is 12.7. The third-order valence-electron chi connectivity index (χ3n) is 6.86. The van der Waals surface area contributed by atoms with Crippen LogP contribution < -0.4 is 5.73 Å². The van der Waals surface area contributed by atoms with Gasteiger partial charge in [-0.05, 0) is 43.9 Å². The van der Waals surface area contributed by atoms with Gasteiger partial charge in [-0.1, -0.05) is 12.5 Å². The van der Waals surface area contributed by atoms with E-state index in [9.17, 15) is 4.79 Å². The number of H-pyrrole nitrogens is 2. The van der Waals surface area contributed by atoms with Crippen molar-refractivity contribution in [3.63, 3.8) is 0 Å². The molecule has 4 aromatic rings. The number of nitrogens with zero attached hydrogens (tertiary/aromatic N) is 4. The van der Waals surface area contributed by atoms with E-state index in [0.29, 0.717) is 11.7 Å². The van der Waals surface area contributed by atoms with E-state index < -0.39 is 0 Å². The van der Waals surface area contributed by atoms with Crippen molar-refractivity contribution in [3.8, 4) is 11.3 Å². The number of nitrogen functional groups attached to an aromatic ring is 1. The van der Waals surface area contributed by atoms with Crippen LogP contribution in [0.25, 0.3) is 33.2 Å². The second-order valence-corrected chi connectivity index (χ2v) is 8.80. The van der Waals surface area contributed by atoms with Crippen LogP contribution in [-0.2, 0) is 4.79 Å². The predicted molar refractivity (Wildman–Crippen MR) is 119 cm³/mol. The quantitative estimate of drug-likeness (QED) is 0.473. The lowest BCUT2D eigenvalue weighted by Crippen LogP contribution is -2.44. The molecule has 3 aromatic heterocycles. The highest BCUT2D eigenvalue weighted by atomic mass is 16.2. The number of nitrogens with two attached hydrogens (primary N) is 1. The second kappa shape index (κ2) is 7.08. The SMILES string of the molecule is Nc1nc2cc(-c3ccn[nH]3)ccc2c2nc([C@@H]3CCCN(C(=O)C4CCC4)C3)[nH]c12. The summed E-state index contributed by atoms with van der Waals surface area (Å²) in [5.41, 5.74) is 10.7. The van der Waals surface area contributed by atoms with E-state index in [-0.39, 0.29) is 11.8 Å². The third kappa shape index (κ3) is 3.05. The first kappa shape index (κ1) is 18.4. The Balaban J connectivity index is 1.36.